The van der Waals surface area contributed by atoms with Crippen molar-refractivity contribution < 1.29 is 13.2 Å². The van der Waals surface area contributed by atoms with Crippen LogP contribution in [0.1, 0.15) is 51.9 Å². The van der Waals surface area contributed by atoms with Crippen LogP contribution in [0.15, 0.2) is 0 Å². The van der Waals surface area contributed by atoms with Crippen LogP contribution in [-0.4, -0.2) is 45.0 Å². The van der Waals surface area contributed by atoms with Gasteiger partial charge < -0.3 is 5.32 Å². The van der Waals surface area contributed by atoms with Crippen LogP contribution in [0.3, 0.4) is 0 Å². The number of amides is 1. The van der Waals surface area contributed by atoms with E-state index in [0.717, 1.165) is 0 Å². The first-order valence-electron chi connectivity index (χ1n) is 7.98. The first-order valence-corrected chi connectivity index (χ1v) is 9.83. The summed E-state index contributed by atoms with van der Waals surface area (Å²) in [6.45, 7) is 3.15. The molecule has 0 aliphatic heterocycles. The fraction of sp³-hybridized carbons (Fsp3) is 0.933. The molecule has 1 unspecified atom stereocenters. The van der Waals surface area contributed by atoms with Gasteiger partial charge in [0.2, 0.25) is 15.9 Å². The number of nitrogens with one attached hydrogen (secondary N) is 1. The number of hydrogen-bond acceptors (Lipinski definition) is 3. The van der Waals surface area contributed by atoms with Crippen molar-refractivity contribution >= 4 is 15.9 Å². The molecule has 0 aromatic carbocycles. The lowest BCUT2D eigenvalue weighted by atomic mass is 9.79. The lowest BCUT2D eigenvalue weighted by Crippen LogP contribution is -2.32. The van der Waals surface area contributed by atoms with Crippen molar-refractivity contribution in [1.82, 2.24) is 9.62 Å². The molecular formula is C15H30N2O3S. The number of nitrogens with zero attached hydrogens (tertiary/aromatic N) is 1. The van der Waals surface area contributed by atoms with Gasteiger partial charge in [0, 0.05) is 26.6 Å². The van der Waals surface area contributed by atoms with E-state index in [9.17, 15) is 13.2 Å². The molecule has 6 heteroatoms. The quantitative estimate of drug-likeness (QED) is 0.696. The third-order valence-corrected chi connectivity index (χ3v) is 5.81. The Kier molecular flexibility index (Phi) is 7.66. The lowest BCUT2D eigenvalue weighted by molar-refractivity contribution is -0.122. The maximum atomic E-state index is 11.9. The Labute approximate surface area is 129 Å². The minimum Gasteiger partial charge on any atom is -0.356 e. The predicted molar refractivity (Wildman–Crippen MR) is 85.5 cm³/mol. The number of sulfonamides is 1. The normalized spacial score (nSPS) is 18.7. The first-order chi connectivity index (χ1) is 9.80. The molecule has 0 saturated heterocycles. The van der Waals surface area contributed by atoms with Crippen LogP contribution < -0.4 is 5.32 Å². The predicted octanol–water partition coefficient (Wildman–Crippen LogP) is 1.99. The molecule has 1 amide bonds. The van der Waals surface area contributed by atoms with Gasteiger partial charge in [-0.05, 0) is 18.3 Å². The smallest absolute Gasteiger partial charge is 0.220 e. The molecule has 1 N–H and O–H groups in total. The Bertz CT molecular complexity index is 417. The summed E-state index contributed by atoms with van der Waals surface area (Å²) >= 11 is 0. The second kappa shape index (κ2) is 8.73. The molecular weight excluding hydrogens is 288 g/mol. The van der Waals surface area contributed by atoms with E-state index in [1.807, 2.05) is 0 Å². The summed E-state index contributed by atoms with van der Waals surface area (Å²) in [6, 6.07) is 0. The summed E-state index contributed by atoms with van der Waals surface area (Å²) < 4.78 is 23.7. The van der Waals surface area contributed by atoms with Gasteiger partial charge in [0.1, 0.15) is 0 Å². The van der Waals surface area contributed by atoms with E-state index in [1.165, 1.54) is 42.7 Å². The molecule has 0 heterocycles. The van der Waals surface area contributed by atoms with Gasteiger partial charge in [-0.15, -0.1) is 0 Å². The minimum atomic E-state index is -3.12. The van der Waals surface area contributed by atoms with Gasteiger partial charge in [-0.2, -0.15) is 0 Å². The molecule has 124 valence electrons. The summed E-state index contributed by atoms with van der Waals surface area (Å²) in [5.41, 5.74) is 0. The number of rotatable bonds is 8. The van der Waals surface area contributed by atoms with E-state index in [4.69, 9.17) is 0 Å². The maximum absolute atomic E-state index is 11.9. The fourth-order valence-electron chi connectivity index (χ4n) is 2.93. The number of carbonyl (C=O) groups excluding carboxylic acids is 1. The van der Waals surface area contributed by atoms with Crippen LogP contribution in [0.25, 0.3) is 0 Å². The van der Waals surface area contributed by atoms with Gasteiger partial charge in [0.25, 0.3) is 0 Å². The van der Waals surface area contributed by atoms with E-state index in [0.29, 0.717) is 37.8 Å². The third kappa shape index (κ3) is 7.27. The van der Waals surface area contributed by atoms with E-state index in [1.54, 1.807) is 7.05 Å². The van der Waals surface area contributed by atoms with Gasteiger partial charge in [0.05, 0.1) is 6.26 Å². The van der Waals surface area contributed by atoms with Crippen LogP contribution in [0.5, 0.6) is 0 Å². The molecule has 1 fully saturated rings. The number of hydrogen-bond donors (Lipinski definition) is 1. The molecule has 0 spiro atoms. The zero-order chi connectivity index (χ0) is 15.9. The van der Waals surface area contributed by atoms with Gasteiger partial charge in [-0.25, -0.2) is 12.7 Å². The molecule has 21 heavy (non-hydrogen) atoms. The molecule has 0 aromatic rings. The summed E-state index contributed by atoms with van der Waals surface area (Å²) in [7, 11) is -1.56. The molecule has 5 nitrogen and oxygen atoms in total. The van der Waals surface area contributed by atoms with Gasteiger partial charge in [-0.1, -0.05) is 39.0 Å². The minimum absolute atomic E-state index is 0.0927. The van der Waals surface area contributed by atoms with Gasteiger partial charge in [0.15, 0.2) is 0 Å². The Morgan fingerprint density at radius 2 is 1.90 bits per heavy atom. The van der Waals surface area contributed by atoms with Crippen LogP contribution in [-0.2, 0) is 14.8 Å². The molecule has 1 aliphatic rings. The van der Waals surface area contributed by atoms with E-state index >= 15 is 0 Å². The molecule has 0 bridgehead atoms. The zero-order valence-electron chi connectivity index (χ0n) is 13.6. The molecule has 1 aliphatic carbocycles. The second-order valence-electron chi connectivity index (χ2n) is 6.37. The van der Waals surface area contributed by atoms with Crippen LogP contribution in [0.2, 0.25) is 0 Å². The van der Waals surface area contributed by atoms with Gasteiger partial charge in [-0.3, -0.25) is 4.79 Å². The molecule has 0 aromatic heterocycles. The molecule has 0 radical (unpaired) electrons. The standard InChI is InChI=1S/C15H30N2O3S/c1-13(14-8-5-4-6-9-14)12-15(18)16-10-7-11-17(2)21(3,19)20/h13-14H,4-12H2,1-3H3,(H,16,18). The highest BCUT2D eigenvalue weighted by molar-refractivity contribution is 7.88. The Hall–Kier alpha value is -0.620. The second-order valence-corrected chi connectivity index (χ2v) is 8.46. The zero-order valence-corrected chi connectivity index (χ0v) is 14.4. The van der Waals surface area contributed by atoms with Crippen LogP contribution >= 0.6 is 0 Å². The summed E-state index contributed by atoms with van der Waals surface area (Å²) in [4.78, 5) is 11.9. The lowest BCUT2D eigenvalue weighted by Gasteiger charge is -2.27. The van der Waals surface area contributed by atoms with Gasteiger partial charge >= 0.3 is 0 Å². The molecule has 1 saturated carbocycles. The van der Waals surface area contributed by atoms with Crippen molar-refractivity contribution in [2.45, 2.75) is 51.9 Å². The van der Waals surface area contributed by atoms with Crippen LogP contribution in [0.4, 0.5) is 0 Å². The average Bonchev–Trinajstić information content (AvgIpc) is 2.43. The largest absolute Gasteiger partial charge is 0.356 e. The monoisotopic (exact) mass is 318 g/mol. The topological polar surface area (TPSA) is 66.5 Å². The molecule has 1 rings (SSSR count). The Morgan fingerprint density at radius 1 is 1.29 bits per heavy atom. The highest BCUT2D eigenvalue weighted by Crippen LogP contribution is 2.31. The SMILES string of the molecule is CC(CC(=O)NCCCN(C)S(C)(=O)=O)C1CCCCC1. The van der Waals surface area contributed by atoms with Crippen LogP contribution in [0, 0.1) is 11.8 Å². The summed E-state index contributed by atoms with van der Waals surface area (Å²) in [5, 5.41) is 2.90. The maximum Gasteiger partial charge on any atom is 0.220 e. The van der Waals surface area contributed by atoms with E-state index in [-0.39, 0.29) is 5.91 Å². The van der Waals surface area contributed by atoms with Crippen molar-refractivity contribution in [2.75, 3.05) is 26.4 Å². The van der Waals surface area contributed by atoms with Crippen molar-refractivity contribution in [1.29, 1.82) is 0 Å². The Morgan fingerprint density at radius 3 is 2.48 bits per heavy atom. The third-order valence-electron chi connectivity index (χ3n) is 4.50. The molecule has 1 atom stereocenters. The number of carbonyl (C=O) groups is 1. The van der Waals surface area contributed by atoms with Crippen molar-refractivity contribution in [3.8, 4) is 0 Å². The average molecular weight is 318 g/mol. The highest BCUT2D eigenvalue weighted by atomic mass is 32.2. The summed E-state index contributed by atoms with van der Waals surface area (Å²) in [6.07, 6.45) is 8.88. The fourth-order valence-corrected chi connectivity index (χ4v) is 3.39. The Balaban J connectivity index is 2.16. The van der Waals surface area contributed by atoms with Crippen molar-refractivity contribution in [3.63, 3.8) is 0 Å². The van der Waals surface area contributed by atoms with E-state index in [2.05, 4.69) is 12.2 Å². The summed E-state index contributed by atoms with van der Waals surface area (Å²) in [5.74, 6) is 1.24. The first kappa shape index (κ1) is 18.4. The highest BCUT2D eigenvalue weighted by Gasteiger charge is 2.21. The van der Waals surface area contributed by atoms with Crippen molar-refractivity contribution in [3.05, 3.63) is 0 Å². The van der Waals surface area contributed by atoms with Crippen molar-refractivity contribution in [2.24, 2.45) is 11.8 Å². The van der Waals surface area contributed by atoms with E-state index < -0.39 is 10.0 Å².